The van der Waals surface area contributed by atoms with Gasteiger partial charge in [-0.25, -0.2) is 4.99 Å². The SMILES string of the molecule is CCOc1ccc(C=c2sc3n(c2=O)C(c2ccc(SC)cc2)C2=C(N=3)c3ccccc3CC2)cc1. The van der Waals surface area contributed by atoms with Crippen molar-refractivity contribution in [1.82, 2.24) is 4.57 Å². The summed E-state index contributed by atoms with van der Waals surface area (Å²) < 4.78 is 8.16. The van der Waals surface area contributed by atoms with Gasteiger partial charge in [0, 0.05) is 10.5 Å². The predicted octanol–water partition coefficient (Wildman–Crippen LogP) is 5.44. The van der Waals surface area contributed by atoms with Crippen molar-refractivity contribution in [2.24, 2.45) is 4.99 Å². The van der Waals surface area contributed by atoms with Crippen molar-refractivity contribution in [1.29, 1.82) is 0 Å². The van der Waals surface area contributed by atoms with E-state index in [0.717, 1.165) is 40.2 Å². The normalized spacial score (nSPS) is 16.7. The summed E-state index contributed by atoms with van der Waals surface area (Å²) in [6, 6.07) is 24.9. The lowest BCUT2D eigenvalue weighted by molar-refractivity contribution is 0.340. The number of rotatable bonds is 5. The number of thiazole rings is 1. The molecule has 1 aliphatic carbocycles. The third kappa shape index (κ3) is 4.04. The molecule has 0 N–H and O–H groups in total. The Balaban J connectivity index is 1.54. The molecule has 0 saturated carbocycles. The van der Waals surface area contributed by atoms with Gasteiger partial charge < -0.3 is 4.74 Å². The van der Waals surface area contributed by atoms with Crippen molar-refractivity contribution in [3.63, 3.8) is 0 Å². The van der Waals surface area contributed by atoms with Gasteiger partial charge in [-0.3, -0.25) is 9.36 Å². The highest BCUT2D eigenvalue weighted by Crippen LogP contribution is 2.41. The molecule has 4 aromatic rings. The van der Waals surface area contributed by atoms with Crippen LogP contribution in [0, 0.1) is 0 Å². The van der Waals surface area contributed by atoms with Gasteiger partial charge in [0.05, 0.1) is 22.9 Å². The van der Waals surface area contributed by atoms with Crippen molar-refractivity contribution in [3.8, 4) is 5.75 Å². The number of fused-ring (bicyclic) bond motifs is 3. The van der Waals surface area contributed by atoms with E-state index in [0.29, 0.717) is 11.1 Å². The first kappa shape index (κ1) is 23.1. The van der Waals surface area contributed by atoms with E-state index in [4.69, 9.17) is 9.73 Å². The van der Waals surface area contributed by atoms with Crippen LogP contribution in [0.5, 0.6) is 5.75 Å². The fourth-order valence-electron chi connectivity index (χ4n) is 5.09. The van der Waals surface area contributed by atoms with Gasteiger partial charge in [-0.15, -0.1) is 11.8 Å². The highest BCUT2D eigenvalue weighted by atomic mass is 32.2. The van der Waals surface area contributed by atoms with Gasteiger partial charge in [0.1, 0.15) is 5.75 Å². The van der Waals surface area contributed by atoms with Gasteiger partial charge in [-0.05, 0) is 78.6 Å². The van der Waals surface area contributed by atoms with Crippen LogP contribution in [0.25, 0.3) is 11.8 Å². The Labute approximate surface area is 218 Å². The van der Waals surface area contributed by atoms with Crippen LogP contribution in [0.4, 0.5) is 0 Å². The van der Waals surface area contributed by atoms with Crippen LogP contribution in [-0.4, -0.2) is 17.4 Å². The van der Waals surface area contributed by atoms with Crippen molar-refractivity contribution >= 4 is 34.9 Å². The molecule has 6 heteroatoms. The molecule has 36 heavy (non-hydrogen) atoms. The summed E-state index contributed by atoms with van der Waals surface area (Å²) >= 11 is 3.19. The lowest BCUT2D eigenvalue weighted by Gasteiger charge is -2.30. The lowest BCUT2D eigenvalue weighted by atomic mass is 9.83. The number of hydrogen-bond donors (Lipinski definition) is 0. The topological polar surface area (TPSA) is 43.6 Å². The molecule has 1 aliphatic heterocycles. The zero-order valence-corrected chi connectivity index (χ0v) is 21.9. The minimum atomic E-state index is -0.150. The number of thioether (sulfide) groups is 1. The van der Waals surface area contributed by atoms with E-state index in [1.54, 1.807) is 11.8 Å². The third-order valence-corrected chi connectivity index (χ3v) is 8.52. The van der Waals surface area contributed by atoms with Gasteiger partial charge in [-0.2, -0.15) is 0 Å². The number of ether oxygens (including phenoxy) is 1. The Morgan fingerprint density at radius 1 is 1.06 bits per heavy atom. The zero-order valence-electron chi connectivity index (χ0n) is 20.2. The van der Waals surface area contributed by atoms with Crippen LogP contribution in [0.3, 0.4) is 0 Å². The van der Waals surface area contributed by atoms with E-state index < -0.39 is 0 Å². The zero-order chi connectivity index (χ0) is 24.6. The summed E-state index contributed by atoms with van der Waals surface area (Å²) in [4.78, 5) is 20.9. The molecule has 4 nitrogen and oxygen atoms in total. The van der Waals surface area contributed by atoms with Gasteiger partial charge in [0.25, 0.3) is 5.56 Å². The molecule has 3 aromatic carbocycles. The second kappa shape index (κ2) is 9.60. The summed E-state index contributed by atoms with van der Waals surface area (Å²) in [5, 5.41) is 0. The maximum atomic E-state index is 13.8. The van der Waals surface area contributed by atoms with Crippen molar-refractivity contribution < 1.29 is 4.74 Å². The number of allylic oxidation sites excluding steroid dienone is 1. The highest BCUT2D eigenvalue weighted by molar-refractivity contribution is 7.98. The maximum absolute atomic E-state index is 13.8. The average Bonchev–Trinajstić information content (AvgIpc) is 3.23. The van der Waals surface area contributed by atoms with Crippen LogP contribution < -0.4 is 19.6 Å². The fourth-order valence-corrected chi connectivity index (χ4v) is 6.50. The molecular weight excluding hydrogens is 484 g/mol. The molecule has 1 unspecified atom stereocenters. The second-order valence-corrected chi connectivity index (χ2v) is 10.8. The molecule has 180 valence electrons. The van der Waals surface area contributed by atoms with Crippen molar-refractivity contribution in [2.45, 2.75) is 30.7 Å². The molecule has 0 bridgehead atoms. The van der Waals surface area contributed by atoms with E-state index in [2.05, 4.69) is 54.8 Å². The van der Waals surface area contributed by atoms with Crippen LogP contribution in [-0.2, 0) is 6.42 Å². The first-order valence-corrected chi connectivity index (χ1v) is 14.2. The maximum Gasteiger partial charge on any atom is 0.271 e. The molecule has 0 saturated heterocycles. The van der Waals surface area contributed by atoms with E-state index in [1.165, 1.54) is 32.9 Å². The molecule has 1 atom stereocenters. The van der Waals surface area contributed by atoms with E-state index in [9.17, 15) is 4.79 Å². The Bertz CT molecular complexity index is 1650. The smallest absolute Gasteiger partial charge is 0.271 e. The largest absolute Gasteiger partial charge is 0.494 e. The molecular formula is C30H26N2O2S2. The standard InChI is InChI=1S/C30H26N2O2S2/c1-3-34-22-13-8-19(9-14-22)18-26-29(33)32-28(21-10-15-23(35-2)16-11-21)25-17-12-20-6-4-5-7-24(20)27(25)31-30(32)36-26/h4-11,13-16,18,28H,3,12,17H2,1-2H3. The van der Waals surface area contributed by atoms with Crippen LogP contribution in [0.15, 0.2) is 93.1 Å². The summed E-state index contributed by atoms with van der Waals surface area (Å²) in [5.41, 5.74) is 6.88. The van der Waals surface area contributed by atoms with E-state index in [-0.39, 0.29) is 11.6 Å². The summed E-state index contributed by atoms with van der Waals surface area (Å²) in [6.07, 6.45) is 5.90. The van der Waals surface area contributed by atoms with E-state index >= 15 is 0 Å². The summed E-state index contributed by atoms with van der Waals surface area (Å²) in [5.74, 6) is 0.830. The number of nitrogens with zero attached hydrogens (tertiary/aromatic N) is 2. The van der Waals surface area contributed by atoms with Crippen LogP contribution in [0.2, 0.25) is 0 Å². The molecule has 0 spiro atoms. The van der Waals surface area contributed by atoms with Gasteiger partial charge >= 0.3 is 0 Å². The minimum Gasteiger partial charge on any atom is -0.494 e. The number of hydrogen-bond acceptors (Lipinski definition) is 5. The number of benzene rings is 3. The quantitative estimate of drug-likeness (QED) is 0.336. The number of aromatic nitrogens is 1. The summed E-state index contributed by atoms with van der Waals surface area (Å²) in [7, 11) is 0. The van der Waals surface area contributed by atoms with Crippen molar-refractivity contribution in [3.05, 3.63) is 120 Å². The first-order valence-electron chi connectivity index (χ1n) is 12.2. The monoisotopic (exact) mass is 510 g/mol. The van der Waals surface area contributed by atoms with Gasteiger partial charge in [0.15, 0.2) is 4.80 Å². The Hall–Kier alpha value is -3.35. The molecule has 2 aliphatic rings. The van der Waals surface area contributed by atoms with Crippen LogP contribution in [0.1, 0.15) is 41.6 Å². The Kier molecular flexibility index (Phi) is 6.15. The first-order chi connectivity index (χ1) is 17.7. The van der Waals surface area contributed by atoms with Gasteiger partial charge in [0.2, 0.25) is 0 Å². The minimum absolute atomic E-state index is 0.0111. The molecule has 0 fully saturated rings. The molecule has 0 radical (unpaired) electrons. The van der Waals surface area contributed by atoms with Crippen LogP contribution >= 0.6 is 23.1 Å². The van der Waals surface area contributed by atoms with Crippen molar-refractivity contribution in [2.75, 3.05) is 12.9 Å². The molecule has 2 heterocycles. The van der Waals surface area contributed by atoms with Gasteiger partial charge in [-0.1, -0.05) is 59.9 Å². The average molecular weight is 511 g/mol. The Morgan fingerprint density at radius 2 is 1.83 bits per heavy atom. The highest BCUT2D eigenvalue weighted by Gasteiger charge is 2.32. The number of aryl methyl sites for hydroxylation is 1. The predicted molar refractivity (Wildman–Crippen MR) is 149 cm³/mol. The van der Waals surface area contributed by atoms with E-state index in [1.807, 2.05) is 41.8 Å². The third-order valence-electron chi connectivity index (χ3n) is 6.79. The Morgan fingerprint density at radius 3 is 2.58 bits per heavy atom. The second-order valence-electron chi connectivity index (χ2n) is 8.89. The molecule has 6 rings (SSSR count). The molecule has 0 amide bonds. The summed E-state index contributed by atoms with van der Waals surface area (Å²) in [6.45, 7) is 2.60. The lowest BCUT2D eigenvalue weighted by Crippen LogP contribution is -2.38. The fraction of sp³-hybridized carbons (Fsp3) is 0.200. The molecule has 1 aromatic heterocycles.